The maximum atomic E-state index is 11.6. The van der Waals surface area contributed by atoms with Gasteiger partial charge in [0.2, 0.25) is 0 Å². The van der Waals surface area contributed by atoms with Gasteiger partial charge in [0.25, 0.3) is 0 Å². The fraction of sp³-hybridized carbons (Fsp3) is 0.588. The van der Waals surface area contributed by atoms with Crippen LogP contribution in [0.5, 0.6) is 0 Å². The van der Waals surface area contributed by atoms with E-state index >= 15 is 0 Å². The van der Waals surface area contributed by atoms with E-state index in [9.17, 15) is 19.8 Å². The Labute approximate surface area is 252 Å². The van der Waals surface area contributed by atoms with E-state index in [0.29, 0.717) is 26.2 Å². The Morgan fingerprint density at radius 1 is 0.524 bits per heavy atom. The van der Waals surface area contributed by atoms with Crippen molar-refractivity contribution < 1.29 is 19.8 Å². The summed E-state index contributed by atoms with van der Waals surface area (Å²) < 4.78 is 0. The highest BCUT2D eigenvalue weighted by molar-refractivity contribution is 5.69. The first-order chi connectivity index (χ1) is 19.7. The van der Waals surface area contributed by atoms with Gasteiger partial charge in [-0.1, -0.05) is 90.1 Å². The molecular weight excluding hydrogens is 528 g/mol. The van der Waals surface area contributed by atoms with E-state index in [4.69, 9.17) is 0 Å². The lowest BCUT2D eigenvalue weighted by Crippen LogP contribution is -2.47. The van der Waals surface area contributed by atoms with Crippen molar-refractivity contribution in [2.45, 2.75) is 65.5 Å². The molecule has 2 N–H and O–H groups in total. The minimum atomic E-state index is -0.861. The summed E-state index contributed by atoms with van der Waals surface area (Å²) >= 11 is 0. The molecular formula is C34H52N4O4. The molecule has 1 aliphatic heterocycles. The van der Waals surface area contributed by atoms with Crippen molar-refractivity contribution in [2.75, 3.05) is 65.4 Å². The normalized spacial score (nSPS) is 17.9. The Morgan fingerprint density at radius 2 is 0.786 bits per heavy atom. The molecule has 1 fully saturated rings. The van der Waals surface area contributed by atoms with E-state index < -0.39 is 11.9 Å². The molecule has 2 aromatic carbocycles. The zero-order chi connectivity index (χ0) is 30.9. The molecule has 8 nitrogen and oxygen atoms in total. The highest BCUT2D eigenvalue weighted by Crippen LogP contribution is 2.24. The third-order valence-corrected chi connectivity index (χ3v) is 8.10. The van der Waals surface area contributed by atoms with E-state index in [1.807, 2.05) is 9.80 Å². The molecule has 232 valence electrons. The van der Waals surface area contributed by atoms with Gasteiger partial charge < -0.3 is 10.2 Å². The number of carbonyl (C=O) groups is 2. The van der Waals surface area contributed by atoms with Gasteiger partial charge in [-0.25, -0.2) is 0 Å². The summed E-state index contributed by atoms with van der Waals surface area (Å²) in [4.78, 5) is 31.9. The number of benzene rings is 2. The molecule has 0 atom stereocenters. The van der Waals surface area contributed by atoms with Gasteiger partial charge in [0, 0.05) is 65.4 Å². The van der Waals surface area contributed by atoms with Crippen LogP contribution in [-0.2, 0) is 33.5 Å². The lowest BCUT2D eigenvalue weighted by molar-refractivity contribution is -0.140. The van der Waals surface area contributed by atoms with Gasteiger partial charge in [-0.05, 0) is 33.1 Å². The lowest BCUT2D eigenvalue weighted by Gasteiger charge is -2.33. The molecule has 42 heavy (non-hydrogen) atoms. The van der Waals surface area contributed by atoms with E-state index in [1.54, 1.807) is 0 Å². The monoisotopic (exact) mass is 580 g/mol. The molecule has 1 heterocycles. The second-order valence-corrected chi connectivity index (χ2v) is 13.8. The zero-order valence-corrected chi connectivity index (χ0v) is 26.6. The summed E-state index contributed by atoms with van der Waals surface area (Å²) in [6.45, 7) is 20.2. The Bertz CT molecular complexity index is 1040. The maximum absolute atomic E-state index is 11.6. The quantitative estimate of drug-likeness (QED) is 0.476. The molecule has 0 unspecified atom stereocenters. The Morgan fingerprint density at radius 3 is 1.02 bits per heavy atom. The van der Waals surface area contributed by atoms with Crippen LogP contribution >= 0.6 is 0 Å². The molecule has 0 amide bonds. The number of rotatable bonds is 8. The van der Waals surface area contributed by atoms with Crippen molar-refractivity contribution in [3.05, 3.63) is 70.8 Å². The van der Waals surface area contributed by atoms with Gasteiger partial charge in [-0.2, -0.15) is 0 Å². The first kappa shape index (κ1) is 33.7. The minimum absolute atomic E-state index is 0.0499. The smallest absolute Gasteiger partial charge is 0.317 e. The van der Waals surface area contributed by atoms with E-state index in [1.165, 1.54) is 22.3 Å². The summed E-state index contributed by atoms with van der Waals surface area (Å²) in [6, 6.07) is 17.7. The van der Waals surface area contributed by atoms with Crippen LogP contribution in [0, 0.1) is 0 Å². The van der Waals surface area contributed by atoms with Gasteiger partial charge in [-0.15, -0.1) is 0 Å². The van der Waals surface area contributed by atoms with Crippen LogP contribution in [0.3, 0.4) is 0 Å². The molecule has 0 bridgehead atoms. The molecule has 0 aromatic heterocycles. The van der Waals surface area contributed by atoms with Crippen LogP contribution in [0.15, 0.2) is 48.5 Å². The summed E-state index contributed by atoms with van der Waals surface area (Å²) in [5, 5.41) is 19.1. The highest BCUT2D eigenvalue weighted by atomic mass is 16.4. The SMILES string of the molecule is CC(C)(C)c1ccc(CN2CCN(CC(=O)O)CCN(CC(=O)O)CCN(Cc3ccc(C(C)(C)C)cc3)CC2)cc1. The second kappa shape index (κ2) is 15.1. The van der Waals surface area contributed by atoms with Crippen LogP contribution in [-0.4, -0.2) is 107 Å². The summed E-state index contributed by atoms with van der Waals surface area (Å²) in [6.07, 6.45) is 0. The number of carboxylic acid groups (broad SMARTS) is 2. The van der Waals surface area contributed by atoms with Crippen LogP contribution in [0.2, 0.25) is 0 Å². The van der Waals surface area contributed by atoms with Gasteiger partial charge >= 0.3 is 11.9 Å². The number of hydrogen-bond acceptors (Lipinski definition) is 6. The van der Waals surface area contributed by atoms with Gasteiger partial charge in [0.15, 0.2) is 0 Å². The van der Waals surface area contributed by atoms with Crippen molar-refractivity contribution in [3.63, 3.8) is 0 Å². The number of nitrogens with zero attached hydrogens (tertiary/aromatic N) is 4. The van der Waals surface area contributed by atoms with Crippen molar-refractivity contribution in [2.24, 2.45) is 0 Å². The first-order valence-corrected chi connectivity index (χ1v) is 15.2. The Balaban J connectivity index is 1.80. The maximum Gasteiger partial charge on any atom is 0.317 e. The Hall–Kier alpha value is -2.78. The van der Waals surface area contributed by atoms with Gasteiger partial charge in [0.05, 0.1) is 13.1 Å². The Kier molecular flexibility index (Phi) is 12.1. The van der Waals surface area contributed by atoms with Crippen molar-refractivity contribution in [1.29, 1.82) is 0 Å². The van der Waals surface area contributed by atoms with Crippen LogP contribution in [0.4, 0.5) is 0 Å². The second-order valence-electron chi connectivity index (χ2n) is 13.8. The molecule has 0 aliphatic carbocycles. The zero-order valence-electron chi connectivity index (χ0n) is 26.6. The number of aliphatic carboxylic acids is 2. The molecule has 3 rings (SSSR count). The van der Waals surface area contributed by atoms with Gasteiger partial charge in [0.1, 0.15) is 0 Å². The van der Waals surface area contributed by atoms with Crippen LogP contribution in [0.25, 0.3) is 0 Å². The van der Waals surface area contributed by atoms with Gasteiger partial charge in [-0.3, -0.25) is 29.2 Å². The van der Waals surface area contributed by atoms with Crippen LogP contribution < -0.4 is 0 Å². The fourth-order valence-corrected chi connectivity index (χ4v) is 5.33. The topological polar surface area (TPSA) is 87.6 Å². The number of hydrogen-bond donors (Lipinski definition) is 2. The average molecular weight is 581 g/mol. The fourth-order valence-electron chi connectivity index (χ4n) is 5.33. The largest absolute Gasteiger partial charge is 0.480 e. The van der Waals surface area contributed by atoms with Crippen LogP contribution in [0.1, 0.15) is 63.8 Å². The predicted octanol–water partition coefficient (Wildman–Crippen LogP) is 4.37. The molecule has 0 spiro atoms. The first-order valence-electron chi connectivity index (χ1n) is 15.2. The highest BCUT2D eigenvalue weighted by Gasteiger charge is 2.20. The van der Waals surface area contributed by atoms with E-state index in [-0.39, 0.29) is 23.9 Å². The molecule has 0 radical (unpaired) electrons. The summed E-state index contributed by atoms with van der Waals surface area (Å²) in [5.41, 5.74) is 5.31. The van der Waals surface area contributed by atoms with Crippen molar-refractivity contribution in [1.82, 2.24) is 19.6 Å². The number of carboxylic acids is 2. The van der Waals surface area contributed by atoms with Crippen molar-refractivity contribution >= 4 is 11.9 Å². The average Bonchev–Trinajstić information content (AvgIpc) is 2.89. The molecule has 8 heteroatoms. The predicted molar refractivity (Wildman–Crippen MR) is 169 cm³/mol. The van der Waals surface area contributed by atoms with Crippen molar-refractivity contribution in [3.8, 4) is 0 Å². The molecule has 2 aromatic rings. The van der Waals surface area contributed by atoms with E-state index in [2.05, 4.69) is 99.9 Å². The van der Waals surface area contributed by atoms with E-state index in [0.717, 1.165) is 39.3 Å². The third kappa shape index (κ3) is 11.5. The third-order valence-electron chi connectivity index (χ3n) is 8.10. The summed E-state index contributed by atoms with van der Waals surface area (Å²) in [5.74, 6) is -1.72. The minimum Gasteiger partial charge on any atom is -0.480 e. The summed E-state index contributed by atoms with van der Waals surface area (Å²) in [7, 11) is 0. The standard InChI is InChI=1S/C34H52N4O4/c1-33(2,3)29-11-7-27(8-12-29)23-35-15-16-36(24-28-9-13-30(14-10-28)34(4,5)6)18-20-38(26-32(41)42)22-21-37(19-17-35)25-31(39)40/h7-14H,15-26H2,1-6H3,(H,39,40)(H,41,42). The lowest BCUT2D eigenvalue weighted by atomic mass is 9.86. The molecule has 0 saturated carbocycles. The molecule has 1 aliphatic rings. The molecule has 1 saturated heterocycles.